The number of aromatic nitrogens is 2. The van der Waals surface area contributed by atoms with Crippen LogP contribution in [0.3, 0.4) is 0 Å². The highest BCUT2D eigenvalue weighted by atomic mass is 14.8. The van der Waals surface area contributed by atoms with Crippen LogP contribution in [-0.4, -0.2) is 23.1 Å². The van der Waals surface area contributed by atoms with Gasteiger partial charge < -0.3 is 11.5 Å². The van der Waals surface area contributed by atoms with Crippen LogP contribution in [0.1, 0.15) is 48.5 Å². The van der Waals surface area contributed by atoms with E-state index in [0.29, 0.717) is 0 Å². The van der Waals surface area contributed by atoms with Crippen molar-refractivity contribution in [1.29, 1.82) is 0 Å². The fourth-order valence-corrected chi connectivity index (χ4v) is 2.04. The Balaban J connectivity index is 2.64. The lowest BCUT2D eigenvalue weighted by Crippen LogP contribution is -2.07. The summed E-state index contributed by atoms with van der Waals surface area (Å²) in [6.07, 6.45) is 6.27. The van der Waals surface area contributed by atoms with Gasteiger partial charge in [0.2, 0.25) is 0 Å². The molecule has 0 aliphatic heterocycles. The van der Waals surface area contributed by atoms with E-state index in [0.717, 1.165) is 74.4 Å². The molecule has 0 saturated heterocycles. The van der Waals surface area contributed by atoms with Crippen molar-refractivity contribution in [3.63, 3.8) is 0 Å². The molecule has 4 nitrogen and oxygen atoms in total. The van der Waals surface area contributed by atoms with Crippen molar-refractivity contribution in [2.45, 2.75) is 52.4 Å². The minimum absolute atomic E-state index is 0.753. The zero-order chi connectivity index (χ0) is 13.4. The Bertz CT molecular complexity index is 327. The SMILES string of the molecule is Cc1nc(CCCCN)c(C)nc1CCCCN. The van der Waals surface area contributed by atoms with Crippen molar-refractivity contribution in [2.24, 2.45) is 11.5 Å². The third-order valence-corrected chi connectivity index (χ3v) is 3.18. The van der Waals surface area contributed by atoms with Crippen LogP contribution in [0.5, 0.6) is 0 Å². The average molecular weight is 250 g/mol. The van der Waals surface area contributed by atoms with Crippen LogP contribution in [0.25, 0.3) is 0 Å². The first-order valence-electron chi connectivity index (χ1n) is 6.92. The fraction of sp³-hybridized carbons (Fsp3) is 0.714. The van der Waals surface area contributed by atoms with Gasteiger partial charge >= 0.3 is 0 Å². The highest BCUT2D eigenvalue weighted by molar-refractivity contribution is 5.19. The van der Waals surface area contributed by atoms with E-state index in [2.05, 4.69) is 23.8 Å². The zero-order valence-electron chi connectivity index (χ0n) is 11.7. The number of aryl methyl sites for hydroxylation is 4. The van der Waals surface area contributed by atoms with E-state index in [4.69, 9.17) is 11.5 Å². The first-order chi connectivity index (χ1) is 8.69. The molecule has 102 valence electrons. The molecular formula is C14H26N4. The van der Waals surface area contributed by atoms with Gasteiger partial charge in [-0.3, -0.25) is 9.97 Å². The maximum Gasteiger partial charge on any atom is 0.0619 e. The number of rotatable bonds is 8. The second-order valence-electron chi connectivity index (χ2n) is 4.78. The summed E-state index contributed by atoms with van der Waals surface area (Å²) in [7, 11) is 0. The highest BCUT2D eigenvalue weighted by Crippen LogP contribution is 2.12. The lowest BCUT2D eigenvalue weighted by molar-refractivity contribution is 0.699. The van der Waals surface area contributed by atoms with Crippen LogP contribution in [0.15, 0.2) is 0 Å². The highest BCUT2D eigenvalue weighted by Gasteiger charge is 2.07. The summed E-state index contributed by atoms with van der Waals surface area (Å²) in [6, 6.07) is 0. The van der Waals surface area contributed by atoms with E-state index >= 15 is 0 Å². The Morgan fingerprint density at radius 2 is 1.11 bits per heavy atom. The Kier molecular flexibility index (Phi) is 6.83. The fourth-order valence-electron chi connectivity index (χ4n) is 2.04. The molecular weight excluding hydrogens is 224 g/mol. The number of unbranched alkanes of at least 4 members (excludes halogenated alkanes) is 2. The molecule has 0 aromatic carbocycles. The summed E-state index contributed by atoms with van der Waals surface area (Å²) in [4.78, 5) is 9.38. The molecule has 0 aliphatic rings. The van der Waals surface area contributed by atoms with Crippen molar-refractivity contribution in [3.05, 3.63) is 22.8 Å². The maximum absolute atomic E-state index is 5.51. The Hall–Kier alpha value is -1.00. The van der Waals surface area contributed by atoms with Crippen molar-refractivity contribution in [3.8, 4) is 0 Å². The predicted octanol–water partition coefficient (Wildman–Crippen LogP) is 1.66. The molecule has 0 atom stereocenters. The van der Waals surface area contributed by atoms with Crippen molar-refractivity contribution < 1.29 is 0 Å². The minimum atomic E-state index is 0.753. The summed E-state index contributed by atoms with van der Waals surface area (Å²) in [5, 5.41) is 0. The molecule has 0 fully saturated rings. The van der Waals surface area contributed by atoms with Gasteiger partial charge in [0.05, 0.1) is 22.8 Å². The van der Waals surface area contributed by atoms with Crippen molar-refractivity contribution >= 4 is 0 Å². The van der Waals surface area contributed by atoms with Crippen LogP contribution in [-0.2, 0) is 12.8 Å². The molecule has 18 heavy (non-hydrogen) atoms. The van der Waals surface area contributed by atoms with Gasteiger partial charge in [0, 0.05) is 0 Å². The molecule has 0 saturated carbocycles. The van der Waals surface area contributed by atoms with Gasteiger partial charge in [0.1, 0.15) is 0 Å². The largest absolute Gasteiger partial charge is 0.330 e. The van der Waals surface area contributed by atoms with Gasteiger partial charge in [0.25, 0.3) is 0 Å². The summed E-state index contributed by atoms with van der Waals surface area (Å²) >= 11 is 0. The maximum atomic E-state index is 5.51. The van der Waals surface area contributed by atoms with E-state index in [1.807, 2.05) is 0 Å². The molecule has 0 radical (unpaired) electrons. The third-order valence-electron chi connectivity index (χ3n) is 3.18. The van der Waals surface area contributed by atoms with Crippen molar-refractivity contribution in [1.82, 2.24) is 9.97 Å². The number of nitrogens with two attached hydrogens (primary N) is 2. The number of hydrogen-bond acceptors (Lipinski definition) is 4. The summed E-state index contributed by atoms with van der Waals surface area (Å²) < 4.78 is 0. The molecule has 0 bridgehead atoms. The molecule has 4 N–H and O–H groups in total. The summed E-state index contributed by atoms with van der Waals surface area (Å²) in [6.45, 7) is 5.61. The normalized spacial score (nSPS) is 10.9. The number of nitrogens with zero attached hydrogens (tertiary/aromatic N) is 2. The topological polar surface area (TPSA) is 77.8 Å². The predicted molar refractivity (Wildman–Crippen MR) is 75.5 cm³/mol. The first-order valence-corrected chi connectivity index (χ1v) is 6.92. The first kappa shape index (κ1) is 15.1. The van der Waals surface area contributed by atoms with Gasteiger partial charge in [-0.25, -0.2) is 0 Å². The van der Waals surface area contributed by atoms with Crippen LogP contribution in [0, 0.1) is 13.8 Å². The molecule has 1 aromatic rings. The van der Waals surface area contributed by atoms with E-state index < -0.39 is 0 Å². The van der Waals surface area contributed by atoms with Crippen LogP contribution in [0.4, 0.5) is 0 Å². The van der Waals surface area contributed by atoms with E-state index in [1.165, 1.54) is 0 Å². The van der Waals surface area contributed by atoms with E-state index in [9.17, 15) is 0 Å². The zero-order valence-corrected chi connectivity index (χ0v) is 11.7. The quantitative estimate of drug-likeness (QED) is 0.688. The van der Waals surface area contributed by atoms with Gasteiger partial charge in [-0.15, -0.1) is 0 Å². The van der Waals surface area contributed by atoms with Crippen LogP contribution in [0.2, 0.25) is 0 Å². The Morgan fingerprint density at radius 1 is 0.722 bits per heavy atom. The third kappa shape index (κ3) is 4.70. The average Bonchev–Trinajstić information content (AvgIpc) is 2.35. The van der Waals surface area contributed by atoms with E-state index in [-0.39, 0.29) is 0 Å². The molecule has 1 aromatic heterocycles. The van der Waals surface area contributed by atoms with Crippen LogP contribution >= 0.6 is 0 Å². The van der Waals surface area contributed by atoms with Gasteiger partial charge in [-0.1, -0.05) is 0 Å². The standard InChI is InChI=1S/C14H26N4/c1-11-13(7-3-5-9-15)18-12(2)14(17-11)8-4-6-10-16/h3-10,15-16H2,1-2H3. The van der Waals surface area contributed by atoms with Gasteiger partial charge in [-0.05, 0) is 65.5 Å². The molecule has 0 aliphatic carbocycles. The second-order valence-corrected chi connectivity index (χ2v) is 4.78. The molecule has 1 heterocycles. The van der Waals surface area contributed by atoms with Crippen molar-refractivity contribution in [2.75, 3.05) is 13.1 Å². The molecule has 0 unspecified atom stereocenters. The molecule has 1 rings (SSSR count). The van der Waals surface area contributed by atoms with Gasteiger partial charge in [-0.2, -0.15) is 0 Å². The minimum Gasteiger partial charge on any atom is -0.330 e. The Morgan fingerprint density at radius 3 is 1.44 bits per heavy atom. The molecule has 0 spiro atoms. The van der Waals surface area contributed by atoms with Gasteiger partial charge in [0.15, 0.2) is 0 Å². The monoisotopic (exact) mass is 250 g/mol. The second kappa shape index (κ2) is 8.16. The van der Waals surface area contributed by atoms with Crippen LogP contribution < -0.4 is 11.5 Å². The summed E-state index contributed by atoms with van der Waals surface area (Å²) in [5.74, 6) is 0. The Labute approximate surface area is 110 Å². The summed E-state index contributed by atoms with van der Waals surface area (Å²) in [5.41, 5.74) is 15.4. The molecule has 4 heteroatoms. The van der Waals surface area contributed by atoms with E-state index in [1.54, 1.807) is 0 Å². The smallest absolute Gasteiger partial charge is 0.0619 e. The lowest BCUT2D eigenvalue weighted by atomic mass is 10.1. The number of hydrogen-bond donors (Lipinski definition) is 2. The lowest BCUT2D eigenvalue weighted by Gasteiger charge is -2.10. The molecule has 0 amide bonds.